The predicted molar refractivity (Wildman–Crippen MR) is 108 cm³/mol. The van der Waals surface area contributed by atoms with E-state index in [1.165, 1.54) is 10.6 Å². The number of hydrogen-bond acceptors (Lipinski definition) is 4. The summed E-state index contributed by atoms with van der Waals surface area (Å²) < 4.78 is 1.52. The first-order valence-corrected chi connectivity index (χ1v) is 9.89. The standard InChI is InChI=1S/C21H22ClN3O3/c1-23-9-11-24(12-10-23)20(27)17-13-16-18(3-2-4-19(16)26)25(21(17)28)15-7-5-14(22)6-8-15/h5-8,13H,2-4,9-12H2,1H3. The first-order valence-electron chi connectivity index (χ1n) is 9.51. The SMILES string of the molecule is CN1CCN(C(=O)c2cc3c(n(-c4ccc(Cl)cc4)c2=O)CCCC3=O)CC1. The summed E-state index contributed by atoms with van der Waals surface area (Å²) in [5.74, 6) is -0.321. The largest absolute Gasteiger partial charge is 0.336 e. The van der Waals surface area contributed by atoms with Gasteiger partial charge in [0.15, 0.2) is 5.78 Å². The van der Waals surface area contributed by atoms with Crippen molar-refractivity contribution < 1.29 is 9.59 Å². The number of pyridine rings is 1. The molecule has 2 aromatic rings. The Balaban J connectivity index is 1.86. The molecule has 1 aliphatic heterocycles. The van der Waals surface area contributed by atoms with E-state index in [-0.39, 0.29) is 22.8 Å². The highest BCUT2D eigenvalue weighted by atomic mass is 35.5. The van der Waals surface area contributed by atoms with Crippen LogP contribution in [0, 0.1) is 0 Å². The van der Waals surface area contributed by atoms with Crippen LogP contribution in [0.1, 0.15) is 39.3 Å². The quantitative estimate of drug-likeness (QED) is 0.778. The first-order chi connectivity index (χ1) is 13.5. The smallest absolute Gasteiger partial charge is 0.268 e. The van der Waals surface area contributed by atoms with Crippen molar-refractivity contribution in [2.24, 2.45) is 0 Å². The summed E-state index contributed by atoms with van der Waals surface area (Å²) in [6.07, 6.45) is 1.76. The van der Waals surface area contributed by atoms with Crippen LogP contribution in [0.4, 0.5) is 0 Å². The van der Waals surface area contributed by atoms with Gasteiger partial charge in [-0.15, -0.1) is 0 Å². The van der Waals surface area contributed by atoms with E-state index in [0.29, 0.717) is 54.3 Å². The molecule has 2 heterocycles. The lowest BCUT2D eigenvalue weighted by Gasteiger charge is -2.32. The number of carbonyl (C=O) groups is 2. The number of carbonyl (C=O) groups excluding carboxylic acids is 2. The van der Waals surface area contributed by atoms with Gasteiger partial charge in [0, 0.05) is 54.6 Å². The molecule has 28 heavy (non-hydrogen) atoms. The van der Waals surface area contributed by atoms with Crippen LogP contribution in [0.25, 0.3) is 5.69 Å². The van der Waals surface area contributed by atoms with Gasteiger partial charge in [-0.05, 0) is 50.2 Å². The van der Waals surface area contributed by atoms with Crippen molar-refractivity contribution in [2.75, 3.05) is 33.2 Å². The van der Waals surface area contributed by atoms with Crippen LogP contribution in [-0.2, 0) is 6.42 Å². The molecule has 0 atom stereocenters. The fourth-order valence-corrected chi connectivity index (χ4v) is 4.01. The van der Waals surface area contributed by atoms with Crippen LogP contribution in [0.3, 0.4) is 0 Å². The number of likely N-dealkylation sites (N-methyl/N-ethyl adjacent to an activating group) is 1. The Morgan fingerprint density at radius 2 is 1.68 bits per heavy atom. The van der Waals surface area contributed by atoms with Gasteiger partial charge in [0.25, 0.3) is 11.5 Å². The Morgan fingerprint density at radius 1 is 1.00 bits per heavy atom. The Labute approximate surface area is 168 Å². The Kier molecular flexibility index (Phi) is 5.08. The second-order valence-corrected chi connectivity index (χ2v) is 7.84. The van der Waals surface area contributed by atoms with Crippen molar-refractivity contribution in [3.8, 4) is 5.69 Å². The summed E-state index contributed by atoms with van der Waals surface area (Å²) >= 11 is 5.99. The molecule has 146 valence electrons. The van der Waals surface area contributed by atoms with Crippen LogP contribution in [0.5, 0.6) is 0 Å². The van der Waals surface area contributed by atoms with Gasteiger partial charge in [-0.3, -0.25) is 19.0 Å². The molecule has 6 nitrogen and oxygen atoms in total. The maximum atomic E-state index is 13.3. The lowest BCUT2D eigenvalue weighted by Crippen LogP contribution is -2.48. The molecule has 0 spiro atoms. The van der Waals surface area contributed by atoms with Crippen LogP contribution in [0.15, 0.2) is 35.1 Å². The molecule has 1 aromatic carbocycles. The minimum absolute atomic E-state index is 0.0172. The summed E-state index contributed by atoms with van der Waals surface area (Å²) in [7, 11) is 2.01. The zero-order chi connectivity index (χ0) is 19.8. The van der Waals surface area contributed by atoms with Crippen molar-refractivity contribution >= 4 is 23.3 Å². The van der Waals surface area contributed by atoms with E-state index < -0.39 is 0 Å². The zero-order valence-electron chi connectivity index (χ0n) is 15.8. The molecule has 7 heteroatoms. The average Bonchev–Trinajstić information content (AvgIpc) is 2.69. The van der Waals surface area contributed by atoms with Crippen molar-refractivity contribution in [3.05, 3.63) is 62.5 Å². The van der Waals surface area contributed by atoms with E-state index in [2.05, 4.69) is 4.90 Å². The Morgan fingerprint density at radius 3 is 2.36 bits per heavy atom. The number of halogens is 1. The number of fused-ring (bicyclic) bond motifs is 1. The lowest BCUT2D eigenvalue weighted by atomic mass is 9.92. The summed E-state index contributed by atoms with van der Waals surface area (Å²) in [5.41, 5.74) is 1.47. The molecule has 0 radical (unpaired) electrons. The van der Waals surface area contributed by atoms with Gasteiger partial charge >= 0.3 is 0 Å². The topological polar surface area (TPSA) is 62.6 Å². The van der Waals surface area contributed by atoms with Gasteiger partial charge in [0.2, 0.25) is 0 Å². The Bertz CT molecular complexity index is 989. The Hall–Kier alpha value is -2.44. The molecule has 2 aliphatic rings. The summed E-state index contributed by atoms with van der Waals surface area (Å²) in [4.78, 5) is 42.9. The third-order valence-corrected chi connectivity index (χ3v) is 5.78. The zero-order valence-corrected chi connectivity index (χ0v) is 16.5. The molecule has 0 saturated carbocycles. The third-order valence-electron chi connectivity index (χ3n) is 5.53. The predicted octanol–water partition coefficient (Wildman–Crippen LogP) is 2.40. The number of nitrogens with zero attached hydrogens (tertiary/aromatic N) is 3. The molecule has 0 N–H and O–H groups in total. The highest BCUT2D eigenvalue weighted by molar-refractivity contribution is 6.30. The molecule has 1 amide bonds. The van der Waals surface area contributed by atoms with E-state index in [9.17, 15) is 14.4 Å². The minimum Gasteiger partial charge on any atom is -0.336 e. The lowest BCUT2D eigenvalue weighted by molar-refractivity contribution is 0.0662. The maximum Gasteiger partial charge on any atom is 0.268 e. The molecule has 1 fully saturated rings. The number of ketones is 1. The molecular weight excluding hydrogens is 378 g/mol. The van der Waals surface area contributed by atoms with E-state index in [4.69, 9.17) is 11.6 Å². The number of Topliss-reactive ketones (excluding diaryl/α,β-unsaturated/α-hetero) is 1. The summed E-state index contributed by atoms with van der Waals surface area (Å²) in [6, 6.07) is 8.41. The maximum absolute atomic E-state index is 13.3. The first kappa shape index (κ1) is 18.9. The fraction of sp³-hybridized carbons (Fsp3) is 0.381. The molecule has 0 bridgehead atoms. The van der Waals surface area contributed by atoms with Gasteiger partial charge in [-0.2, -0.15) is 0 Å². The van der Waals surface area contributed by atoms with Crippen molar-refractivity contribution in [3.63, 3.8) is 0 Å². The van der Waals surface area contributed by atoms with Gasteiger partial charge < -0.3 is 9.80 Å². The van der Waals surface area contributed by atoms with Crippen LogP contribution in [0.2, 0.25) is 5.02 Å². The van der Waals surface area contributed by atoms with Crippen LogP contribution >= 0.6 is 11.6 Å². The highest BCUT2D eigenvalue weighted by Gasteiger charge is 2.29. The number of piperazine rings is 1. The molecule has 1 saturated heterocycles. The summed E-state index contributed by atoms with van der Waals surface area (Å²) in [5, 5.41) is 0.561. The monoisotopic (exact) mass is 399 g/mol. The fourth-order valence-electron chi connectivity index (χ4n) is 3.89. The minimum atomic E-state index is -0.375. The normalized spacial score (nSPS) is 17.5. The number of hydrogen-bond donors (Lipinski definition) is 0. The number of amides is 1. The number of benzene rings is 1. The van der Waals surface area contributed by atoms with E-state index in [1.807, 2.05) is 7.05 Å². The van der Waals surface area contributed by atoms with Gasteiger partial charge in [0.1, 0.15) is 5.56 Å². The van der Waals surface area contributed by atoms with Crippen molar-refractivity contribution in [1.82, 2.24) is 14.4 Å². The number of rotatable bonds is 2. The van der Waals surface area contributed by atoms with Gasteiger partial charge in [0.05, 0.1) is 0 Å². The summed E-state index contributed by atoms with van der Waals surface area (Å²) in [6.45, 7) is 2.67. The molecule has 4 rings (SSSR count). The van der Waals surface area contributed by atoms with Gasteiger partial charge in [-0.1, -0.05) is 11.6 Å². The third kappa shape index (κ3) is 3.38. The van der Waals surface area contributed by atoms with E-state index >= 15 is 0 Å². The molecular formula is C21H22ClN3O3. The van der Waals surface area contributed by atoms with Crippen molar-refractivity contribution in [2.45, 2.75) is 19.3 Å². The van der Waals surface area contributed by atoms with E-state index in [0.717, 1.165) is 13.1 Å². The molecule has 1 aliphatic carbocycles. The second-order valence-electron chi connectivity index (χ2n) is 7.41. The van der Waals surface area contributed by atoms with Gasteiger partial charge in [-0.25, -0.2) is 0 Å². The van der Waals surface area contributed by atoms with Crippen LogP contribution in [-0.4, -0.2) is 59.3 Å². The molecule has 0 unspecified atom stereocenters. The van der Waals surface area contributed by atoms with Crippen molar-refractivity contribution in [1.29, 1.82) is 0 Å². The molecule has 1 aromatic heterocycles. The van der Waals surface area contributed by atoms with E-state index in [1.54, 1.807) is 29.2 Å². The highest BCUT2D eigenvalue weighted by Crippen LogP contribution is 2.24. The van der Waals surface area contributed by atoms with Crippen LogP contribution < -0.4 is 5.56 Å². The number of aromatic nitrogens is 1. The average molecular weight is 400 g/mol. The second kappa shape index (κ2) is 7.53.